The van der Waals surface area contributed by atoms with Gasteiger partial charge in [-0.05, 0) is 37.8 Å². The van der Waals surface area contributed by atoms with Crippen molar-refractivity contribution in [2.45, 2.75) is 47.2 Å². The second-order valence-corrected chi connectivity index (χ2v) is 7.72. The van der Waals surface area contributed by atoms with Crippen LogP contribution < -0.4 is 15.4 Å². The average Bonchev–Trinajstić information content (AvgIpc) is 3.01. The summed E-state index contributed by atoms with van der Waals surface area (Å²) in [6, 6.07) is 6.34. The molecule has 0 aliphatic rings. The van der Waals surface area contributed by atoms with Gasteiger partial charge in [0.25, 0.3) is 0 Å². The number of hydrogen-bond donors (Lipinski definition) is 2. The van der Waals surface area contributed by atoms with Crippen LogP contribution >= 0.6 is 35.3 Å². The van der Waals surface area contributed by atoms with Crippen molar-refractivity contribution in [3.8, 4) is 5.75 Å². The van der Waals surface area contributed by atoms with Crippen LogP contribution in [0.4, 0.5) is 0 Å². The van der Waals surface area contributed by atoms with Gasteiger partial charge in [-0.1, -0.05) is 26.0 Å². The first kappa shape index (κ1) is 23.7. The zero-order valence-corrected chi connectivity index (χ0v) is 20.0. The van der Waals surface area contributed by atoms with Gasteiger partial charge in [-0.2, -0.15) is 0 Å². The van der Waals surface area contributed by atoms with Crippen LogP contribution in [0.3, 0.4) is 0 Å². The van der Waals surface area contributed by atoms with E-state index in [1.54, 1.807) is 18.4 Å². The van der Waals surface area contributed by atoms with Crippen LogP contribution in [0.1, 0.15) is 42.0 Å². The molecule has 0 unspecified atom stereocenters. The molecule has 0 amide bonds. The van der Waals surface area contributed by atoms with Crippen molar-refractivity contribution in [2.75, 3.05) is 13.7 Å². The van der Waals surface area contributed by atoms with Crippen molar-refractivity contribution in [2.24, 2.45) is 10.9 Å². The lowest BCUT2D eigenvalue weighted by Gasteiger charge is -2.16. The van der Waals surface area contributed by atoms with Gasteiger partial charge in [0.2, 0.25) is 0 Å². The Hall–Kier alpha value is -1.35. The van der Waals surface area contributed by atoms with Gasteiger partial charge in [-0.3, -0.25) is 4.99 Å². The van der Waals surface area contributed by atoms with Crippen LogP contribution in [0, 0.1) is 19.8 Å². The molecule has 0 fully saturated rings. The summed E-state index contributed by atoms with van der Waals surface area (Å²) in [5, 5.41) is 6.71. The van der Waals surface area contributed by atoms with Crippen LogP contribution in [-0.2, 0) is 13.1 Å². The summed E-state index contributed by atoms with van der Waals surface area (Å²) in [6.45, 7) is 10.7. The van der Waals surface area contributed by atoms with E-state index in [0.717, 1.165) is 42.5 Å². The highest BCUT2D eigenvalue weighted by atomic mass is 127. The number of aliphatic imine (C=N–C) groups is 1. The molecule has 1 aromatic heterocycles. The Kier molecular flexibility index (Phi) is 10.7. The van der Waals surface area contributed by atoms with Gasteiger partial charge >= 0.3 is 0 Å². The van der Waals surface area contributed by atoms with E-state index in [2.05, 4.69) is 59.6 Å². The number of nitrogens with one attached hydrogen (secondary N) is 2. The first-order chi connectivity index (χ1) is 12.5. The Bertz CT molecular complexity index is 731. The standard InChI is InChI=1S/C20H30N4OS.HI/c1-14(2)8-9-25-18-10-15(3)6-7-17(18)11-22-20(21-5)23-12-19-16(4)24-13-26-19;/h6-7,10,13-14H,8-9,11-12H2,1-5H3,(H2,21,22,23);1H. The van der Waals surface area contributed by atoms with Gasteiger partial charge in [0.1, 0.15) is 5.75 Å². The number of halogens is 1. The Balaban J connectivity index is 0.00000364. The summed E-state index contributed by atoms with van der Waals surface area (Å²) in [4.78, 5) is 9.80. The maximum absolute atomic E-state index is 6.02. The molecule has 5 nitrogen and oxygen atoms in total. The van der Waals surface area contributed by atoms with Gasteiger partial charge in [0.05, 0.1) is 24.4 Å². The molecule has 0 spiro atoms. The molecule has 2 N–H and O–H groups in total. The van der Waals surface area contributed by atoms with Crippen LogP contribution in [-0.4, -0.2) is 24.6 Å². The molecule has 150 valence electrons. The van der Waals surface area contributed by atoms with Crippen molar-refractivity contribution in [1.82, 2.24) is 15.6 Å². The van der Waals surface area contributed by atoms with E-state index in [4.69, 9.17) is 4.74 Å². The molecule has 7 heteroatoms. The van der Waals surface area contributed by atoms with Gasteiger partial charge in [0.15, 0.2) is 5.96 Å². The normalized spacial score (nSPS) is 11.3. The van der Waals surface area contributed by atoms with Crippen molar-refractivity contribution in [3.63, 3.8) is 0 Å². The highest BCUT2D eigenvalue weighted by Gasteiger charge is 2.07. The summed E-state index contributed by atoms with van der Waals surface area (Å²) in [5.74, 6) is 2.36. The summed E-state index contributed by atoms with van der Waals surface area (Å²) >= 11 is 1.66. The van der Waals surface area contributed by atoms with Gasteiger partial charge in [0, 0.05) is 24.0 Å². The number of benzene rings is 1. The molecule has 2 rings (SSSR count). The summed E-state index contributed by atoms with van der Waals surface area (Å²) in [6.07, 6.45) is 1.05. The summed E-state index contributed by atoms with van der Waals surface area (Å²) < 4.78 is 6.02. The number of nitrogens with zero attached hydrogens (tertiary/aromatic N) is 2. The predicted octanol–water partition coefficient (Wildman–Crippen LogP) is 4.67. The van der Waals surface area contributed by atoms with Crippen LogP contribution in [0.15, 0.2) is 28.7 Å². The second-order valence-electron chi connectivity index (χ2n) is 6.78. The van der Waals surface area contributed by atoms with Crippen molar-refractivity contribution in [3.05, 3.63) is 45.4 Å². The maximum atomic E-state index is 6.02. The van der Waals surface area contributed by atoms with E-state index < -0.39 is 0 Å². The first-order valence-electron chi connectivity index (χ1n) is 9.05. The highest BCUT2D eigenvalue weighted by molar-refractivity contribution is 14.0. The monoisotopic (exact) mass is 502 g/mol. The summed E-state index contributed by atoms with van der Waals surface area (Å²) in [5.41, 5.74) is 5.28. The molecule has 27 heavy (non-hydrogen) atoms. The molecule has 0 saturated carbocycles. The second kappa shape index (κ2) is 12.2. The number of aryl methyl sites for hydroxylation is 2. The molecule has 0 atom stereocenters. The Morgan fingerprint density at radius 1 is 1.22 bits per heavy atom. The van der Waals surface area contributed by atoms with E-state index in [9.17, 15) is 0 Å². The van der Waals surface area contributed by atoms with Crippen molar-refractivity contribution in [1.29, 1.82) is 0 Å². The zero-order chi connectivity index (χ0) is 18.9. The lowest BCUT2D eigenvalue weighted by atomic mass is 10.1. The predicted molar refractivity (Wildman–Crippen MR) is 125 cm³/mol. The molecule has 0 saturated heterocycles. The lowest BCUT2D eigenvalue weighted by molar-refractivity contribution is 0.286. The number of rotatable bonds is 8. The topological polar surface area (TPSA) is 58.5 Å². The van der Waals surface area contributed by atoms with E-state index in [1.807, 2.05) is 12.4 Å². The molecular weight excluding hydrogens is 471 g/mol. The van der Waals surface area contributed by atoms with E-state index >= 15 is 0 Å². The Morgan fingerprint density at radius 3 is 2.59 bits per heavy atom. The highest BCUT2D eigenvalue weighted by Crippen LogP contribution is 2.21. The fourth-order valence-electron chi connectivity index (χ4n) is 2.41. The van der Waals surface area contributed by atoms with Crippen LogP contribution in [0.25, 0.3) is 0 Å². The number of ether oxygens (including phenoxy) is 1. The minimum absolute atomic E-state index is 0. The smallest absolute Gasteiger partial charge is 0.191 e. The SMILES string of the molecule is CN=C(NCc1ccc(C)cc1OCCC(C)C)NCc1scnc1C.I. The Labute approximate surface area is 184 Å². The third kappa shape index (κ3) is 8.04. The number of guanidine groups is 1. The van der Waals surface area contributed by atoms with Crippen LogP contribution in [0.5, 0.6) is 5.75 Å². The van der Waals surface area contributed by atoms with E-state index in [-0.39, 0.29) is 24.0 Å². The van der Waals surface area contributed by atoms with Gasteiger partial charge < -0.3 is 15.4 Å². The van der Waals surface area contributed by atoms with E-state index in [0.29, 0.717) is 12.5 Å². The molecule has 0 radical (unpaired) electrons. The summed E-state index contributed by atoms with van der Waals surface area (Å²) in [7, 11) is 1.78. The molecule has 1 heterocycles. The number of hydrogen-bond acceptors (Lipinski definition) is 4. The number of aromatic nitrogens is 1. The minimum atomic E-state index is 0. The quantitative estimate of drug-likeness (QED) is 0.313. The fraction of sp³-hybridized carbons (Fsp3) is 0.500. The molecule has 0 aliphatic heterocycles. The maximum Gasteiger partial charge on any atom is 0.191 e. The zero-order valence-electron chi connectivity index (χ0n) is 16.8. The lowest BCUT2D eigenvalue weighted by Crippen LogP contribution is -2.36. The molecule has 1 aromatic carbocycles. The van der Waals surface area contributed by atoms with Crippen molar-refractivity contribution >= 4 is 41.3 Å². The molecule has 0 aliphatic carbocycles. The van der Waals surface area contributed by atoms with Crippen molar-refractivity contribution < 1.29 is 4.74 Å². The molecular formula is C20H31IN4OS. The number of thiazole rings is 1. The molecule has 0 bridgehead atoms. The van der Waals surface area contributed by atoms with E-state index in [1.165, 1.54) is 10.4 Å². The largest absolute Gasteiger partial charge is 0.493 e. The minimum Gasteiger partial charge on any atom is -0.493 e. The third-order valence-electron chi connectivity index (χ3n) is 4.11. The fourth-order valence-corrected chi connectivity index (χ4v) is 3.12. The van der Waals surface area contributed by atoms with Gasteiger partial charge in [-0.25, -0.2) is 4.98 Å². The average molecular weight is 502 g/mol. The van der Waals surface area contributed by atoms with Crippen LogP contribution in [0.2, 0.25) is 0 Å². The molecule has 2 aromatic rings. The van der Waals surface area contributed by atoms with Gasteiger partial charge in [-0.15, -0.1) is 35.3 Å². The Morgan fingerprint density at radius 2 is 1.96 bits per heavy atom. The third-order valence-corrected chi connectivity index (χ3v) is 5.04. The first-order valence-corrected chi connectivity index (χ1v) is 9.93.